The average molecular weight is 226 g/mol. The van der Waals surface area contributed by atoms with Gasteiger partial charge in [0.05, 0.1) is 12.5 Å². The van der Waals surface area contributed by atoms with Gasteiger partial charge >= 0.3 is 0 Å². The summed E-state index contributed by atoms with van der Waals surface area (Å²) in [6, 6.07) is -0.231. The Kier molecular flexibility index (Phi) is 3.56. The van der Waals surface area contributed by atoms with E-state index in [1.165, 1.54) is 0 Å². The number of carbonyl (C=O) groups excluding carboxylic acids is 2. The standard InChI is InChI=1S/C11H18N2O3/c14-6-7-3-1-2-4-8(7)12-9-5-10(15)13-11(9)16/h7-9,12,14H,1-6H2,(H,13,15,16). The van der Waals surface area contributed by atoms with Gasteiger partial charge in [-0.05, 0) is 18.8 Å². The van der Waals surface area contributed by atoms with E-state index in [4.69, 9.17) is 0 Å². The molecule has 0 aromatic carbocycles. The van der Waals surface area contributed by atoms with E-state index in [0.29, 0.717) is 0 Å². The quantitative estimate of drug-likeness (QED) is 0.569. The highest BCUT2D eigenvalue weighted by molar-refractivity contribution is 6.05. The monoisotopic (exact) mass is 226 g/mol. The van der Waals surface area contributed by atoms with Gasteiger partial charge in [-0.15, -0.1) is 0 Å². The Morgan fingerprint density at radius 2 is 2.06 bits per heavy atom. The Labute approximate surface area is 94.6 Å². The number of carbonyl (C=O) groups is 2. The lowest BCUT2D eigenvalue weighted by Gasteiger charge is -2.32. The summed E-state index contributed by atoms with van der Waals surface area (Å²) >= 11 is 0. The molecule has 0 aromatic rings. The third-order valence-electron chi connectivity index (χ3n) is 3.53. The summed E-state index contributed by atoms with van der Waals surface area (Å²) in [4.78, 5) is 22.4. The van der Waals surface area contributed by atoms with Crippen molar-refractivity contribution in [1.29, 1.82) is 0 Å². The van der Waals surface area contributed by atoms with Crippen LogP contribution in [-0.2, 0) is 9.59 Å². The molecule has 2 amide bonds. The first kappa shape index (κ1) is 11.5. The fourth-order valence-corrected chi connectivity index (χ4v) is 2.59. The van der Waals surface area contributed by atoms with Gasteiger partial charge in [0.2, 0.25) is 11.8 Å². The summed E-state index contributed by atoms with van der Waals surface area (Å²) in [6.45, 7) is 0.153. The van der Waals surface area contributed by atoms with Gasteiger partial charge in [0.15, 0.2) is 0 Å². The molecule has 3 unspecified atom stereocenters. The van der Waals surface area contributed by atoms with E-state index in [1.54, 1.807) is 0 Å². The number of hydrogen-bond donors (Lipinski definition) is 3. The summed E-state index contributed by atoms with van der Waals surface area (Å²) in [5.41, 5.74) is 0. The number of aliphatic hydroxyl groups is 1. The molecular weight excluding hydrogens is 208 g/mol. The molecule has 1 aliphatic heterocycles. The van der Waals surface area contributed by atoms with Crippen molar-refractivity contribution in [3.8, 4) is 0 Å². The zero-order chi connectivity index (χ0) is 11.5. The van der Waals surface area contributed by atoms with Gasteiger partial charge in [0.25, 0.3) is 0 Å². The first-order chi connectivity index (χ1) is 7.70. The van der Waals surface area contributed by atoms with Crippen LogP contribution in [0.5, 0.6) is 0 Å². The molecular formula is C11H18N2O3. The zero-order valence-corrected chi connectivity index (χ0v) is 9.24. The maximum atomic E-state index is 11.4. The minimum atomic E-state index is -0.398. The fraction of sp³-hybridized carbons (Fsp3) is 0.818. The lowest BCUT2D eigenvalue weighted by Crippen LogP contribution is -2.48. The van der Waals surface area contributed by atoms with E-state index >= 15 is 0 Å². The van der Waals surface area contributed by atoms with Gasteiger partial charge in [0, 0.05) is 12.6 Å². The van der Waals surface area contributed by atoms with Gasteiger partial charge in [-0.1, -0.05) is 12.8 Å². The Balaban J connectivity index is 1.92. The number of amides is 2. The molecule has 2 aliphatic rings. The predicted molar refractivity (Wildman–Crippen MR) is 57.5 cm³/mol. The van der Waals surface area contributed by atoms with Crippen LogP contribution in [0.1, 0.15) is 32.1 Å². The number of hydrogen-bond acceptors (Lipinski definition) is 4. The number of nitrogens with one attached hydrogen (secondary N) is 2. The van der Waals surface area contributed by atoms with Crippen LogP contribution in [0, 0.1) is 5.92 Å². The lowest BCUT2D eigenvalue weighted by atomic mass is 9.84. The van der Waals surface area contributed by atoms with Gasteiger partial charge < -0.3 is 10.4 Å². The summed E-state index contributed by atoms with van der Waals surface area (Å²) < 4.78 is 0. The van der Waals surface area contributed by atoms with Crippen molar-refractivity contribution in [1.82, 2.24) is 10.6 Å². The molecule has 2 fully saturated rings. The van der Waals surface area contributed by atoms with Gasteiger partial charge in [-0.25, -0.2) is 0 Å². The highest BCUT2D eigenvalue weighted by Gasteiger charge is 2.34. The van der Waals surface area contributed by atoms with Crippen molar-refractivity contribution >= 4 is 11.8 Å². The molecule has 1 saturated heterocycles. The number of imide groups is 1. The molecule has 1 saturated carbocycles. The van der Waals surface area contributed by atoms with Gasteiger partial charge in [0.1, 0.15) is 0 Å². The molecule has 5 heteroatoms. The van der Waals surface area contributed by atoms with Crippen molar-refractivity contribution in [2.75, 3.05) is 6.61 Å². The van der Waals surface area contributed by atoms with Crippen molar-refractivity contribution in [2.45, 2.75) is 44.2 Å². The molecule has 0 spiro atoms. The minimum Gasteiger partial charge on any atom is -0.396 e. The first-order valence-corrected chi connectivity index (χ1v) is 5.91. The Bertz CT molecular complexity index is 293. The highest BCUT2D eigenvalue weighted by atomic mass is 16.3. The van der Waals surface area contributed by atoms with Crippen molar-refractivity contribution in [2.24, 2.45) is 5.92 Å². The van der Waals surface area contributed by atoms with Crippen molar-refractivity contribution in [3.63, 3.8) is 0 Å². The summed E-state index contributed by atoms with van der Waals surface area (Å²) in [5, 5.41) is 14.7. The van der Waals surface area contributed by atoms with E-state index in [1.807, 2.05) is 0 Å². The van der Waals surface area contributed by atoms with Crippen LogP contribution in [0.15, 0.2) is 0 Å². The molecule has 0 aromatic heterocycles. The molecule has 16 heavy (non-hydrogen) atoms. The van der Waals surface area contributed by atoms with Crippen LogP contribution < -0.4 is 10.6 Å². The van der Waals surface area contributed by atoms with E-state index < -0.39 is 6.04 Å². The van der Waals surface area contributed by atoms with Crippen LogP contribution in [0.4, 0.5) is 0 Å². The number of aliphatic hydroxyl groups excluding tert-OH is 1. The second kappa shape index (κ2) is 4.93. The molecule has 3 N–H and O–H groups in total. The molecule has 2 rings (SSSR count). The molecule has 5 nitrogen and oxygen atoms in total. The summed E-state index contributed by atoms with van der Waals surface area (Å²) in [6.07, 6.45) is 4.46. The predicted octanol–water partition coefficient (Wildman–Crippen LogP) is -0.458. The van der Waals surface area contributed by atoms with E-state index in [2.05, 4.69) is 10.6 Å². The van der Waals surface area contributed by atoms with Crippen LogP contribution in [-0.4, -0.2) is 35.6 Å². The van der Waals surface area contributed by atoms with E-state index in [9.17, 15) is 14.7 Å². The average Bonchev–Trinajstić information content (AvgIpc) is 2.58. The summed E-state index contributed by atoms with van der Waals surface area (Å²) in [5.74, 6) is -0.219. The molecule has 1 heterocycles. The van der Waals surface area contributed by atoms with E-state index in [0.717, 1.165) is 25.7 Å². The maximum absolute atomic E-state index is 11.4. The van der Waals surface area contributed by atoms with E-state index in [-0.39, 0.29) is 36.8 Å². The third-order valence-corrected chi connectivity index (χ3v) is 3.53. The van der Waals surface area contributed by atoms with Crippen LogP contribution in [0.25, 0.3) is 0 Å². The SMILES string of the molecule is O=C1CC(NC2CCCCC2CO)C(=O)N1. The van der Waals surface area contributed by atoms with Gasteiger partial charge in [-0.2, -0.15) is 0 Å². The second-order valence-electron chi connectivity index (χ2n) is 4.67. The fourth-order valence-electron chi connectivity index (χ4n) is 2.59. The molecule has 1 aliphatic carbocycles. The normalized spacial score (nSPS) is 35.2. The Morgan fingerprint density at radius 1 is 1.31 bits per heavy atom. The molecule has 90 valence electrons. The first-order valence-electron chi connectivity index (χ1n) is 5.91. The topological polar surface area (TPSA) is 78.4 Å². The molecule has 0 bridgehead atoms. The lowest BCUT2D eigenvalue weighted by molar-refractivity contribution is -0.125. The van der Waals surface area contributed by atoms with Crippen molar-refractivity contribution in [3.05, 3.63) is 0 Å². The third kappa shape index (κ3) is 2.41. The molecule has 0 radical (unpaired) electrons. The second-order valence-corrected chi connectivity index (χ2v) is 4.67. The highest BCUT2D eigenvalue weighted by Crippen LogP contribution is 2.24. The van der Waals surface area contributed by atoms with Crippen LogP contribution in [0.2, 0.25) is 0 Å². The number of rotatable bonds is 3. The molecule has 3 atom stereocenters. The van der Waals surface area contributed by atoms with Crippen LogP contribution in [0.3, 0.4) is 0 Å². The van der Waals surface area contributed by atoms with Crippen molar-refractivity contribution < 1.29 is 14.7 Å². The largest absolute Gasteiger partial charge is 0.396 e. The smallest absolute Gasteiger partial charge is 0.244 e. The minimum absolute atomic E-state index is 0.153. The zero-order valence-electron chi connectivity index (χ0n) is 9.24. The van der Waals surface area contributed by atoms with Crippen LogP contribution >= 0.6 is 0 Å². The Morgan fingerprint density at radius 3 is 2.69 bits per heavy atom. The summed E-state index contributed by atoms with van der Waals surface area (Å²) in [7, 11) is 0. The van der Waals surface area contributed by atoms with Gasteiger partial charge in [-0.3, -0.25) is 14.9 Å². The Hall–Kier alpha value is -0.940. The maximum Gasteiger partial charge on any atom is 0.244 e.